The molecule has 20 heavy (non-hydrogen) atoms. The molecule has 1 aromatic heterocycles. The van der Waals surface area contributed by atoms with Gasteiger partial charge in [-0.3, -0.25) is 9.59 Å². The molecule has 1 aliphatic heterocycles. The zero-order chi connectivity index (χ0) is 14.9. The van der Waals surface area contributed by atoms with Gasteiger partial charge in [-0.1, -0.05) is 19.0 Å². The van der Waals surface area contributed by atoms with E-state index in [-0.39, 0.29) is 17.7 Å². The lowest BCUT2D eigenvalue weighted by molar-refractivity contribution is -0.135. The molecule has 1 fully saturated rings. The Morgan fingerprint density at radius 2 is 1.65 bits per heavy atom. The standard InChI is InChI=1S/C14H21N3O3/c1-9(2)13(18)16-5-7-17(8-6-16)14(19)12-10(3)15-20-11(12)4/h9H,5-8H2,1-4H3. The fourth-order valence-corrected chi connectivity index (χ4v) is 2.44. The van der Waals surface area contributed by atoms with Crippen molar-refractivity contribution in [2.45, 2.75) is 27.7 Å². The molecule has 0 spiro atoms. The Morgan fingerprint density at radius 1 is 1.10 bits per heavy atom. The van der Waals surface area contributed by atoms with Crippen molar-refractivity contribution < 1.29 is 14.1 Å². The molecule has 1 aliphatic rings. The van der Waals surface area contributed by atoms with Crippen molar-refractivity contribution in [1.82, 2.24) is 15.0 Å². The Labute approximate surface area is 118 Å². The highest BCUT2D eigenvalue weighted by Crippen LogP contribution is 2.17. The number of nitrogens with zero attached hydrogens (tertiary/aromatic N) is 3. The molecule has 6 heteroatoms. The van der Waals surface area contributed by atoms with Gasteiger partial charge < -0.3 is 14.3 Å². The largest absolute Gasteiger partial charge is 0.361 e. The first kappa shape index (κ1) is 14.6. The van der Waals surface area contributed by atoms with E-state index in [2.05, 4.69) is 5.16 Å². The van der Waals surface area contributed by atoms with Crippen LogP contribution in [0.1, 0.15) is 35.7 Å². The van der Waals surface area contributed by atoms with Gasteiger partial charge in [0, 0.05) is 32.1 Å². The zero-order valence-corrected chi connectivity index (χ0v) is 12.5. The SMILES string of the molecule is Cc1noc(C)c1C(=O)N1CCN(C(=O)C(C)C)CC1. The molecule has 2 heterocycles. The van der Waals surface area contributed by atoms with Crippen LogP contribution < -0.4 is 0 Å². The molecule has 6 nitrogen and oxygen atoms in total. The van der Waals surface area contributed by atoms with E-state index in [9.17, 15) is 9.59 Å². The van der Waals surface area contributed by atoms with Crippen LogP contribution in [-0.2, 0) is 4.79 Å². The van der Waals surface area contributed by atoms with Gasteiger partial charge in [-0.05, 0) is 13.8 Å². The summed E-state index contributed by atoms with van der Waals surface area (Å²) in [5.41, 5.74) is 1.17. The molecular weight excluding hydrogens is 258 g/mol. The van der Waals surface area contributed by atoms with E-state index in [0.29, 0.717) is 43.2 Å². The van der Waals surface area contributed by atoms with Crippen LogP contribution in [0, 0.1) is 19.8 Å². The lowest BCUT2D eigenvalue weighted by Crippen LogP contribution is -2.51. The average Bonchev–Trinajstić information content (AvgIpc) is 2.76. The van der Waals surface area contributed by atoms with E-state index in [0.717, 1.165) is 0 Å². The van der Waals surface area contributed by atoms with E-state index in [1.165, 1.54) is 0 Å². The van der Waals surface area contributed by atoms with Crippen LogP contribution >= 0.6 is 0 Å². The van der Waals surface area contributed by atoms with Gasteiger partial charge in [0.15, 0.2) is 0 Å². The average molecular weight is 279 g/mol. The summed E-state index contributed by atoms with van der Waals surface area (Å²) >= 11 is 0. The van der Waals surface area contributed by atoms with Crippen LogP contribution in [0.4, 0.5) is 0 Å². The highest BCUT2D eigenvalue weighted by Gasteiger charge is 2.28. The molecule has 1 saturated heterocycles. The minimum absolute atomic E-state index is 0.000172. The van der Waals surface area contributed by atoms with Crippen molar-refractivity contribution in [3.05, 3.63) is 17.0 Å². The van der Waals surface area contributed by atoms with Crippen LogP contribution in [0.5, 0.6) is 0 Å². The van der Waals surface area contributed by atoms with Crippen molar-refractivity contribution in [3.63, 3.8) is 0 Å². The molecule has 2 rings (SSSR count). The highest BCUT2D eigenvalue weighted by molar-refractivity contribution is 5.96. The Hall–Kier alpha value is -1.85. The van der Waals surface area contributed by atoms with Crippen LogP contribution in [0.15, 0.2) is 4.52 Å². The molecular formula is C14H21N3O3. The molecule has 2 amide bonds. The Kier molecular flexibility index (Phi) is 4.11. The van der Waals surface area contributed by atoms with Crippen LogP contribution in [-0.4, -0.2) is 52.9 Å². The van der Waals surface area contributed by atoms with Gasteiger partial charge in [0.1, 0.15) is 11.3 Å². The maximum Gasteiger partial charge on any atom is 0.259 e. The van der Waals surface area contributed by atoms with Crippen molar-refractivity contribution in [2.75, 3.05) is 26.2 Å². The van der Waals surface area contributed by atoms with Crippen LogP contribution in [0.2, 0.25) is 0 Å². The zero-order valence-electron chi connectivity index (χ0n) is 12.5. The molecule has 1 aromatic rings. The van der Waals surface area contributed by atoms with Gasteiger partial charge in [-0.15, -0.1) is 0 Å². The molecule has 0 atom stereocenters. The molecule has 0 aromatic carbocycles. The van der Waals surface area contributed by atoms with Gasteiger partial charge in [-0.2, -0.15) is 0 Å². The summed E-state index contributed by atoms with van der Waals surface area (Å²) in [5, 5.41) is 3.81. The summed E-state index contributed by atoms with van der Waals surface area (Å²) in [6.45, 7) is 9.59. The van der Waals surface area contributed by atoms with Gasteiger partial charge in [-0.25, -0.2) is 0 Å². The Morgan fingerprint density at radius 3 is 2.10 bits per heavy atom. The normalized spacial score (nSPS) is 15.8. The van der Waals surface area contributed by atoms with Crippen molar-refractivity contribution in [1.29, 1.82) is 0 Å². The highest BCUT2D eigenvalue weighted by atomic mass is 16.5. The van der Waals surface area contributed by atoms with E-state index < -0.39 is 0 Å². The summed E-state index contributed by atoms with van der Waals surface area (Å²) in [6, 6.07) is 0. The van der Waals surface area contributed by atoms with Crippen LogP contribution in [0.3, 0.4) is 0 Å². The Balaban J connectivity index is 2.01. The third-order valence-corrected chi connectivity index (χ3v) is 3.62. The summed E-state index contributed by atoms with van der Waals surface area (Å²) in [6.07, 6.45) is 0. The quantitative estimate of drug-likeness (QED) is 0.816. The first-order chi connectivity index (χ1) is 9.41. The molecule has 0 N–H and O–H groups in total. The van der Waals surface area contributed by atoms with Crippen molar-refractivity contribution in [2.24, 2.45) is 5.92 Å². The number of hydrogen-bond acceptors (Lipinski definition) is 4. The van der Waals surface area contributed by atoms with Gasteiger partial charge in [0.25, 0.3) is 5.91 Å². The number of rotatable bonds is 2. The molecule has 0 saturated carbocycles. The van der Waals surface area contributed by atoms with E-state index in [1.54, 1.807) is 18.7 Å². The number of aryl methyl sites for hydroxylation is 2. The minimum atomic E-state index is -0.0575. The number of carbonyl (C=O) groups is 2. The third kappa shape index (κ3) is 2.69. The van der Waals surface area contributed by atoms with E-state index >= 15 is 0 Å². The summed E-state index contributed by atoms with van der Waals surface area (Å²) in [4.78, 5) is 27.9. The summed E-state index contributed by atoms with van der Waals surface area (Å²) in [5.74, 6) is 0.639. The van der Waals surface area contributed by atoms with Crippen LogP contribution in [0.25, 0.3) is 0 Å². The number of piperazine rings is 1. The molecule has 0 aliphatic carbocycles. The monoisotopic (exact) mass is 279 g/mol. The maximum atomic E-state index is 12.4. The number of hydrogen-bond donors (Lipinski definition) is 0. The minimum Gasteiger partial charge on any atom is -0.361 e. The van der Waals surface area contributed by atoms with E-state index in [4.69, 9.17) is 4.52 Å². The predicted molar refractivity (Wildman–Crippen MR) is 73.3 cm³/mol. The summed E-state index contributed by atoms with van der Waals surface area (Å²) in [7, 11) is 0. The second-order valence-corrected chi connectivity index (χ2v) is 5.47. The Bertz CT molecular complexity index is 494. The maximum absolute atomic E-state index is 12.4. The first-order valence-corrected chi connectivity index (χ1v) is 6.92. The van der Waals surface area contributed by atoms with Gasteiger partial charge >= 0.3 is 0 Å². The van der Waals surface area contributed by atoms with Gasteiger partial charge in [0.05, 0.1) is 5.69 Å². The molecule has 110 valence electrons. The third-order valence-electron chi connectivity index (χ3n) is 3.62. The number of amides is 2. The molecule has 0 radical (unpaired) electrons. The second kappa shape index (κ2) is 5.64. The first-order valence-electron chi connectivity index (χ1n) is 6.92. The molecule has 0 unspecified atom stereocenters. The fraction of sp³-hybridized carbons (Fsp3) is 0.643. The predicted octanol–water partition coefficient (Wildman–Crippen LogP) is 1.23. The summed E-state index contributed by atoms with van der Waals surface area (Å²) < 4.78 is 5.04. The van der Waals surface area contributed by atoms with Gasteiger partial charge in [0.2, 0.25) is 5.91 Å². The lowest BCUT2D eigenvalue weighted by Gasteiger charge is -2.35. The lowest BCUT2D eigenvalue weighted by atomic mass is 10.1. The smallest absolute Gasteiger partial charge is 0.259 e. The second-order valence-electron chi connectivity index (χ2n) is 5.47. The fourth-order valence-electron chi connectivity index (χ4n) is 2.44. The van der Waals surface area contributed by atoms with E-state index in [1.807, 2.05) is 18.7 Å². The van der Waals surface area contributed by atoms with Crippen molar-refractivity contribution in [3.8, 4) is 0 Å². The number of carbonyl (C=O) groups excluding carboxylic acids is 2. The number of aromatic nitrogens is 1. The van der Waals surface area contributed by atoms with Crippen molar-refractivity contribution >= 4 is 11.8 Å². The molecule has 0 bridgehead atoms. The topological polar surface area (TPSA) is 66.7 Å².